The Bertz CT molecular complexity index is 963. The molecule has 2 aromatic heterocycles. The quantitative estimate of drug-likeness (QED) is 0.556. The van der Waals surface area contributed by atoms with Gasteiger partial charge in [0.2, 0.25) is 0 Å². The van der Waals surface area contributed by atoms with E-state index in [4.69, 9.17) is 0 Å². The number of carbonyl (C=O) groups is 1. The van der Waals surface area contributed by atoms with Crippen LogP contribution in [0.1, 0.15) is 5.82 Å². The van der Waals surface area contributed by atoms with Crippen LogP contribution in [0.4, 0.5) is 0 Å². The Morgan fingerprint density at radius 1 is 1.33 bits per heavy atom. The summed E-state index contributed by atoms with van der Waals surface area (Å²) in [5, 5.41) is 9.35. The van der Waals surface area contributed by atoms with Crippen molar-refractivity contribution in [2.45, 2.75) is 16.7 Å². The summed E-state index contributed by atoms with van der Waals surface area (Å²) in [4.78, 5) is 18.7. The number of benzene rings is 1. The summed E-state index contributed by atoms with van der Waals surface area (Å²) in [5.74, 6) is -0.867. The van der Waals surface area contributed by atoms with Crippen LogP contribution in [0.15, 0.2) is 44.4 Å². The molecule has 7 nitrogen and oxygen atoms in total. The van der Waals surface area contributed by atoms with Gasteiger partial charge < -0.3 is 10.1 Å². The molecule has 2 heterocycles. The van der Waals surface area contributed by atoms with Crippen LogP contribution in [-0.2, 0) is 21.2 Å². The predicted octanol–water partition coefficient (Wildman–Crippen LogP) is 2.36. The molecule has 1 aromatic carbocycles. The number of aliphatic carboxylic acids is 1. The first kappa shape index (κ1) is 17.1. The summed E-state index contributed by atoms with van der Waals surface area (Å²) < 4.78 is 27.5. The van der Waals surface area contributed by atoms with Crippen molar-refractivity contribution < 1.29 is 18.3 Å². The molecule has 10 heteroatoms. The zero-order valence-electron chi connectivity index (χ0n) is 12.1. The van der Waals surface area contributed by atoms with Crippen molar-refractivity contribution in [1.82, 2.24) is 14.7 Å². The van der Waals surface area contributed by atoms with E-state index >= 15 is 0 Å². The Balaban J connectivity index is 1.83. The monoisotopic (exact) mass is 429 g/mol. The Morgan fingerprint density at radius 3 is 2.71 bits per heavy atom. The summed E-state index contributed by atoms with van der Waals surface area (Å²) in [5.41, 5.74) is 1.46. The number of fused-ring (bicyclic) bond motifs is 1. The molecule has 1 atom stereocenters. The molecule has 3 N–H and O–H groups in total. The van der Waals surface area contributed by atoms with Gasteiger partial charge in [-0.05, 0) is 40.2 Å². The van der Waals surface area contributed by atoms with E-state index in [1.54, 1.807) is 12.1 Å². The van der Waals surface area contributed by atoms with Crippen LogP contribution in [-0.4, -0.2) is 35.5 Å². The van der Waals surface area contributed by atoms with Crippen LogP contribution in [0, 0.1) is 0 Å². The van der Waals surface area contributed by atoms with Crippen molar-refractivity contribution in [3.63, 3.8) is 0 Å². The predicted molar refractivity (Wildman–Crippen MR) is 93.6 cm³/mol. The SMILES string of the molecule is O=C(O)C(Cc1nc2ccccc2[nH]1)NS(=O)(=O)c1ccc(Br)s1. The maximum Gasteiger partial charge on any atom is 0.322 e. The van der Waals surface area contributed by atoms with E-state index in [0.29, 0.717) is 15.1 Å². The highest BCUT2D eigenvalue weighted by Gasteiger charge is 2.27. The summed E-state index contributed by atoms with van der Waals surface area (Å²) >= 11 is 4.20. The van der Waals surface area contributed by atoms with Crippen LogP contribution >= 0.6 is 27.3 Å². The maximum absolute atomic E-state index is 12.3. The van der Waals surface area contributed by atoms with Crippen molar-refractivity contribution in [3.8, 4) is 0 Å². The smallest absolute Gasteiger partial charge is 0.322 e. The number of hydrogen-bond acceptors (Lipinski definition) is 5. The van der Waals surface area contributed by atoms with Gasteiger partial charge in [-0.3, -0.25) is 4.79 Å². The largest absolute Gasteiger partial charge is 0.480 e. The molecule has 0 saturated carbocycles. The number of sulfonamides is 1. The lowest BCUT2D eigenvalue weighted by atomic mass is 10.2. The molecule has 24 heavy (non-hydrogen) atoms. The third-order valence-electron chi connectivity index (χ3n) is 3.24. The van der Waals surface area contributed by atoms with Gasteiger partial charge in [0.1, 0.15) is 16.1 Å². The third kappa shape index (κ3) is 3.66. The van der Waals surface area contributed by atoms with E-state index in [9.17, 15) is 18.3 Å². The number of aromatic amines is 1. The molecule has 126 valence electrons. The number of carboxylic acids is 1. The highest BCUT2D eigenvalue weighted by atomic mass is 79.9. The second-order valence-corrected chi connectivity index (χ2v) is 9.38. The lowest BCUT2D eigenvalue weighted by Crippen LogP contribution is -2.42. The van der Waals surface area contributed by atoms with Crippen LogP contribution in [0.2, 0.25) is 0 Å². The maximum atomic E-state index is 12.3. The Kier molecular flexibility index (Phi) is 4.72. The van der Waals surface area contributed by atoms with Crippen LogP contribution in [0.3, 0.4) is 0 Å². The van der Waals surface area contributed by atoms with Gasteiger partial charge >= 0.3 is 5.97 Å². The minimum atomic E-state index is -3.92. The summed E-state index contributed by atoms with van der Waals surface area (Å²) in [6, 6.07) is 8.94. The van der Waals surface area contributed by atoms with E-state index in [2.05, 4.69) is 30.6 Å². The van der Waals surface area contributed by atoms with E-state index in [1.165, 1.54) is 6.07 Å². The van der Waals surface area contributed by atoms with Crippen molar-refractivity contribution in [3.05, 3.63) is 46.0 Å². The zero-order valence-corrected chi connectivity index (χ0v) is 15.3. The van der Waals surface area contributed by atoms with Gasteiger partial charge in [-0.25, -0.2) is 13.4 Å². The van der Waals surface area contributed by atoms with E-state index in [-0.39, 0.29) is 10.6 Å². The first-order valence-corrected chi connectivity index (χ1v) is 9.88. The highest BCUT2D eigenvalue weighted by molar-refractivity contribution is 9.11. The minimum Gasteiger partial charge on any atom is -0.480 e. The topological polar surface area (TPSA) is 112 Å². The number of imidazole rings is 1. The molecular weight excluding hydrogens is 418 g/mol. The Labute approximate surface area is 149 Å². The molecule has 0 fully saturated rings. The van der Waals surface area contributed by atoms with Crippen molar-refractivity contribution in [1.29, 1.82) is 0 Å². The lowest BCUT2D eigenvalue weighted by Gasteiger charge is -2.12. The summed E-state index contributed by atoms with van der Waals surface area (Å²) in [7, 11) is -3.92. The van der Waals surface area contributed by atoms with Gasteiger partial charge in [0.05, 0.1) is 14.8 Å². The molecule has 1 unspecified atom stereocenters. The van der Waals surface area contributed by atoms with Crippen LogP contribution in [0.25, 0.3) is 11.0 Å². The van der Waals surface area contributed by atoms with E-state index in [0.717, 1.165) is 16.9 Å². The molecule has 0 radical (unpaired) electrons. The number of rotatable bonds is 6. The standard InChI is InChI=1S/C14H12BrN3O4S2/c15-11-5-6-13(23-11)24(21,22)18-10(14(19)20)7-12-16-8-3-1-2-4-9(8)17-12/h1-6,10,18H,7H2,(H,16,17)(H,19,20). The highest BCUT2D eigenvalue weighted by Crippen LogP contribution is 2.26. The van der Waals surface area contributed by atoms with Crippen molar-refractivity contribution >= 4 is 54.3 Å². The van der Waals surface area contributed by atoms with Gasteiger partial charge in [-0.1, -0.05) is 12.1 Å². The van der Waals surface area contributed by atoms with Crippen LogP contribution in [0.5, 0.6) is 0 Å². The molecule has 0 spiro atoms. The normalized spacial score (nSPS) is 13.2. The lowest BCUT2D eigenvalue weighted by molar-refractivity contribution is -0.138. The molecule has 0 aliphatic heterocycles. The number of nitrogens with one attached hydrogen (secondary N) is 2. The zero-order chi connectivity index (χ0) is 17.3. The fourth-order valence-electron chi connectivity index (χ4n) is 2.16. The average Bonchev–Trinajstić information content (AvgIpc) is 3.12. The molecule has 0 aliphatic rings. The molecule has 0 bridgehead atoms. The van der Waals surface area contributed by atoms with E-state index < -0.39 is 22.0 Å². The summed E-state index contributed by atoms with van der Waals surface area (Å²) in [6.07, 6.45) is -0.0875. The number of thiophene rings is 1. The van der Waals surface area contributed by atoms with Crippen molar-refractivity contribution in [2.24, 2.45) is 0 Å². The number of hydrogen-bond donors (Lipinski definition) is 3. The third-order valence-corrected chi connectivity index (χ3v) is 6.83. The second kappa shape index (κ2) is 6.63. The van der Waals surface area contributed by atoms with Gasteiger partial charge in [0, 0.05) is 6.42 Å². The number of carboxylic acid groups (broad SMARTS) is 1. The average molecular weight is 430 g/mol. The molecule has 0 aliphatic carbocycles. The van der Waals surface area contributed by atoms with Crippen LogP contribution < -0.4 is 4.72 Å². The minimum absolute atomic E-state index is 0.0465. The van der Waals surface area contributed by atoms with E-state index in [1.807, 2.05) is 18.2 Å². The van der Waals surface area contributed by atoms with Gasteiger partial charge in [-0.2, -0.15) is 4.72 Å². The van der Waals surface area contributed by atoms with Gasteiger partial charge in [0.25, 0.3) is 10.0 Å². The van der Waals surface area contributed by atoms with Crippen molar-refractivity contribution in [2.75, 3.05) is 0 Å². The molecular formula is C14H12BrN3O4S2. The number of halogens is 1. The number of aromatic nitrogens is 2. The second-order valence-electron chi connectivity index (χ2n) is 4.98. The number of nitrogens with zero attached hydrogens (tertiary/aromatic N) is 1. The number of para-hydroxylation sites is 2. The first-order valence-electron chi connectivity index (χ1n) is 6.79. The molecule has 3 aromatic rings. The molecule has 0 saturated heterocycles. The summed E-state index contributed by atoms with van der Waals surface area (Å²) in [6.45, 7) is 0. The fourth-order valence-corrected chi connectivity index (χ4v) is 5.38. The Morgan fingerprint density at radius 2 is 2.08 bits per heavy atom. The number of H-pyrrole nitrogens is 1. The molecule has 0 amide bonds. The Hall–Kier alpha value is -1.75. The first-order chi connectivity index (χ1) is 11.3. The molecule has 3 rings (SSSR count). The van der Waals surface area contributed by atoms with Gasteiger partial charge in [0.15, 0.2) is 0 Å². The van der Waals surface area contributed by atoms with Gasteiger partial charge in [-0.15, -0.1) is 11.3 Å². The fraction of sp³-hybridized carbons (Fsp3) is 0.143.